The third-order valence-corrected chi connectivity index (χ3v) is 2.66. The van der Waals surface area contributed by atoms with Crippen LogP contribution in [0.15, 0.2) is 12.1 Å². The van der Waals surface area contributed by atoms with Crippen LogP contribution < -0.4 is 5.32 Å². The summed E-state index contributed by atoms with van der Waals surface area (Å²) in [7, 11) is 1.67. The lowest BCUT2D eigenvalue weighted by Crippen LogP contribution is -2.34. The Balaban J connectivity index is 3.40. The van der Waals surface area contributed by atoms with Gasteiger partial charge >= 0.3 is 0 Å². The second kappa shape index (κ2) is 3.83. The molecule has 4 heteroatoms. The monoisotopic (exact) mass is 219 g/mol. The predicted molar refractivity (Wildman–Crippen MR) is 53.5 cm³/mol. The molecular formula is C10H12ClF2N. The van der Waals surface area contributed by atoms with Crippen molar-refractivity contribution in [2.24, 2.45) is 0 Å². The predicted octanol–water partition coefficient (Wildman–Crippen LogP) is 3.07. The van der Waals surface area contributed by atoms with E-state index in [0.717, 1.165) is 12.1 Å². The summed E-state index contributed by atoms with van der Waals surface area (Å²) in [6, 6.07) is 2.10. The van der Waals surface area contributed by atoms with Crippen LogP contribution in [0.5, 0.6) is 0 Å². The Labute approximate surface area is 87.1 Å². The molecule has 1 nitrogen and oxygen atoms in total. The molecule has 1 aromatic carbocycles. The van der Waals surface area contributed by atoms with Gasteiger partial charge in [-0.1, -0.05) is 11.6 Å². The zero-order valence-corrected chi connectivity index (χ0v) is 9.04. The molecule has 0 heterocycles. The highest BCUT2D eigenvalue weighted by Gasteiger charge is 2.26. The van der Waals surface area contributed by atoms with E-state index in [4.69, 9.17) is 11.6 Å². The first-order valence-electron chi connectivity index (χ1n) is 4.23. The van der Waals surface area contributed by atoms with E-state index in [0.29, 0.717) is 0 Å². The van der Waals surface area contributed by atoms with Crippen molar-refractivity contribution in [1.29, 1.82) is 0 Å². The molecule has 0 aliphatic rings. The molecule has 78 valence electrons. The van der Waals surface area contributed by atoms with Crippen LogP contribution in [0.2, 0.25) is 5.02 Å². The van der Waals surface area contributed by atoms with E-state index in [1.807, 2.05) is 0 Å². The standard InChI is InChI=1S/C10H12ClF2N/c1-10(2,14-3)8-6(12)4-5-7(13)9(8)11/h4-5,14H,1-3H3. The van der Waals surface area contributed by atoms with Gasteiger partial charge in [-0.3, -0.25) is 0 Å². The molecule has 1 rings (SSSR count). The number of nitrogens with one attached hydrogen (secondary N) is 1. The van der Waals surface area contributed by atoms with E-state index in [2.05, 4.69) is 5.32 Å². The van der Waals surface area contributed by atoms with Gasteiger partial charge in [0.1, 0.15) is 11.6 Å². The van der Waals surface area contributed by atoms with Crippen molar-refractivity contribution in [3.63, 3.8) is 0 Å². The molecule has 0 saturated carbocycles. The summed E-state index contributed by atoms with van der Waals surface area (Å²) < 4.78 is 26.5. The van der Waals surface area contributed by atoms with Crippen LogP contribution in [-0.4, -0.2) is 7.05 Å². The minimum Gasteiger partial charge on any atom is -0.311 e. The SMILES string of the molecule is CNC(C)(C)c1c(F)ccc(F)c1Cl. The molecule has 0 radical (unpaired) electrons. The van der Waals surface area contributed by atoms with Crippen molar-refractivity contribution in [3.05, 3.63) is 34.4 Å². The summed E-state index contributed by atoms with van der Waals surface area (Å²) in [5, 5.41) is 2.71. The summed E-state index contributed by atoms with van der Waals surface area (Å²) in [5.41, 5.74) is -0.537. The van der Waals surface area contributed by atoms with Crippen molar-refractivity contribution in [3.8, 4) is 0 Å². The first kappa shape index (κ1) is 11.4. The first-order chi connectivity index (χ1) is 6.40. The summed E-state index contributed by atoms with van der Waals surface area (Å²) >= 11 is 5.71. The molecule has 14 heavy (non-hydrogen) atoms. The molecule has 0 atom stereocenters. The Morgan fingerprint density at radius 2 is 1.71 bits per heavy atom. The van der Waals surface area contributed by atoms with Gasteiger partial charge in [0, 0.05) is 11.1 Å². The highest BCUT2D eigenvalue weighted by molar-refractivity contribution is 6.31. The molecule has 0 unspecified atom stereocenters. The molecule has 0 saturated heterocycles. The molecule has 0 bridgehead atoms. The molecule has 0 aliphatic heterocycles. The Bertz CT molecular complexity index is 350. The minimum atomic E-state index is -0.691. The maximum absolute atomic E-state index is 13.4. The average Bonchev–Trinajstić information content (AvgIpc) is 2.12. The van der Waals surface area contributed by atoms with Gasteiger partial charge in [0.15, 0.2) is 0 Å². The summed E-state index contributed by atoms with van der Waals surface area (Å²) in [6.07, 6.45) is 0. The Morgan fingerprint density at radius 3 is 2.21 bits per heavy atom. The third-order valence-electron chi connectivity index (χ3n) is 2.29. The van der Waals surface area contributed by atoms with Crippen molar-refractivity contribution in [1.82, 2.24) is 5.32 Å². The first-order valence-corrected chi connectivity index (χ1v) is 4.61. The van der Waals surface area contributed by atoms with Crippen LogP contribution >= 0.6 is 11.6 Å². The molecule has 0 spiro atoms. The van der Waals surface area contributed by atoms with Gasteiger partial charge in [0.25, 0.3) is 0 Å². The van der Waals surface area contributed by atoms with E-state index < -0.39 is 17.2 Å². The number of benzene rings is 1. The van der Waals surface area contributed by atoms with Crippen LogP contribution in [0.1, 0.15) is 19.4 Å². The highest BCUT2D eigenvalue weighted by atomic mass is 35.5. The normalized spacial score (nSPS) is 11.9. The van der Waals surface area contributed by atoms with Crippen molar-refractivity contribution >= 4 is 11.6 Å². The maximum atomic E-state index is 13.4. The highest BCUT2D eigenvalue weighted by Crippen LogP contribution is 2.31. The smallest absolute Gasteiger partial charge is 0.142 e. The largest absolute Gasteiger partial charge is 0.311 e. The Morgan fingerprint density at radius 1 is 1.21 bits per heavy atom. The fourth-order valence-electron chi connectivity index (χ4n) is 1.22. The van der Waals surface area contributed by atoms with Gasteiger partial charge < -0.3 is 5.32 Å². The van der Waals surface area contributed by atoms with Crippen LogP contribution in [-0.2, 0) is 5.54 Å². The zero-order chi connectivity index (χ0) is 10.9. The number of rotatable bonds is 2. The van der Waals surface area contributed by atoms with Gasteiger partial charge in [-0.05, 0) is 33.0 Å². The van der Waals surface area contributed by atoms with Crippen molar-refractivity contribution in [2.75, 3.05) is 7.05 Å². The number of halogens is 3. The fourth-order valence-corrected chi connectivity index (χ4v) is 1.61. The third kappa shape index (κ3) is 1.88. The molecule has 0 aromatic heterocycles. The van der Waals surface area contributed by atoms with Crippen LogP contribution in [0.4, 0.5) is 8.78 Å². The van der Waals surface area contributed by atoms with E-state index in [9.17, 15) is 8.78 Å². The average molecular weight is 220 g/mol. The van der Waals surface area contributed by atoms with Gasteiger partial charge in [-0.15, -0.1) is 0 Å². The van der Waals surface area contributed by atoms with E-state index in [1.165, 1.54) is 0 Å². The minimum absolute atomic E-state index is 0.154. The van der Waals surface area contributed by atoms with Crippen LogP contribution in [0.3, 0.4) is 0 Å². The van der Waals surface area contributed by atoms with Gasteiger partial charge in [0.2, 0.25) is 0 Å². The van der Waals surface area contributed by atoms with E-state index in [-0.39, 0.29) is 10.6 Å². The quantitative estimate of drug-likeness (QED) is 0.754. The van der Waals surface area contributed by atoms with Crippen molar-refractivity contribution < 1.29 is 8.78 Å². The maximum Gasteiger partial charge on any atom is 0.142 e. The number of hydrogen-bond acceptors (Lipinski definition) is 1. The van der Waals surface area contributed by atoms with E-state index in [1.54, 1.807) is 20.9 Å². The summed E-state index contributed by atoms with van der Waals surface area (Å²) in [5.74, 6) is -1.11. The van der Waals surface area contributed by atoms with E-state index >= 15 is 0 Å². The van der Waals surface area contributed by atoms with Gasteiger partial charge in [-0.2, -0.15) is 0 Å². The topological polar surface area (TPSA) is 12.0 Å². The molecule has 0 fully saturated rings. The lowest BCUT2D eigenvalue weighted by molar-refractivity contribution is 0.416. The van der Waals surface area contributed by atoms with Crippen molar-refractivity contribution in [2.45, 2.75) is 19.4 Å². The lowest BCUT2D eigenvalue weighted by atomic mass is 9.94. The van der Waals surface area contributed by atoms with Crippen LogP contribution in [0.25, 0.3) is 0 Å². The Hall–Kier alpha value is -0.670. The molecule has 1 N–H and O–H groups in total. The molecule has 0 amide bonds. The molecular weight excluding hydrogens is 208 g/mol. The summed E-state index contributed by atoms with van der Waals surface area (Å²) in [6.45, 7) is 3.47. The lowest BCUT2D eigenvalue weighted by Gasteiger charge is -2.26. The number of hydrogen-bond donors (Lipinski definition) is 1. The second-order valence-electron chi connectivity index (χ2n) is 3.59. The van der Waals surface area contributed by atoms with Gasteiger partial charge in [0.05, 0.1) is 5.02 Å². The fraction of sp³-hybridized carbons (Fsp3) is 0.400. The zero-order valence-electron chi connectivity index (χ0n) is 8.29. The molecule has 0 aliphatic carbocycles. The molecule has 1 aromatic rings. The Kier molecular flexibility index (Phi) is 3.12. The van der Waals surface area contributed by atoms with Gasteiger partial charge in [-0.25, -0.2) is 8.78 Å². The second-order valence-corrected chi connectivity index (χ2v) is 3.97. The summed E-state index contributed by atoms with van der Waals surface area (Å²) in [4.78, 5) is 0. The van der Waals surface area contributed by atoms with Crippen LogP contribution in [0, 0.1) is 11.6 Å².